The van der Waals surface area contributed by atoms with E-state index in [1.165, 1.54) is 128 Å². The third-order valence-corrected chi connectivity index (χ3v) is 7.93. The van der Waals surface area contributed by atoms with Gasteiger partial charge >= 0.3 is 0 Å². The first kappa shape index (κ1) is 38.9. The number of hydrogen-bond acceptors (Lipinski definition) is 3. The minimum atomic E-state index is -0.837. The van der Waals surface area contributed by atoms with E-state index in [0.717, 1.165) is 32.1 Å². The van der Waals surface area contributed by atoms with Crippen molar-refractivity contribution in [3.63, 3.8) is 0 Å². The number of unbranched alkanes of at least 4 members (excludes halogenated alkanes) is 22. The van der Waals surface area contributed by atoms with Crippen LogP contribution in [0.25, 0.3) is 0 Å². The Labute approximate surface area is 249 Å². The predicted octanol–water partition coefficient (Wildman–Crippen LogP) is 10.1. The highest BCUT2D eigenvalue weighted by atomic mass is 16.3. The number of aliphatic hydroxyl groups excluding tert-OH is 2. The van der Waals surface area contributed by atoms with Crippen LogP contribution in [-0.4, -0.2) is 34.9 Å². The molecule has 0 aliphatic rings. The number of carbonyl (C=O) groups is 1. The second kappa shape index (κ2) is 32.4. The molecule has 40 heavy (non-hydrogen) atoms. The third kappa shape index (κ3) is 28.4. The van der Waals surface area contributed by atoms with Crippen LogP contribution < -0.4 is 5.32 Å². The Kier molecular flexibility index (Phi) is 31.5. The lowest BCUT2D eigenvalue weighted by molar-refractivity contribution is -0.123. The molecule has 1 amide bonds. The molecule has 0 rings (SSSR count). The topological polar surface area (TPSA) is 69.6 Å². The molecule has 2 atom stereocenters. The zero-order valence-corrected chi connectivity index (χ0v) is 26.9. The van der Waals surface area contributed by atoms with Crippen molar-refractivity contribution in [1.82, 2.24) is 5.32 Å². The fourth-order valence-electron chi connectivity index (χ4n) is 5.17. The van der Waals surface area contributed by atoms with Gasteiger partial charge in [0.15, 0.2) is 0 Å². The molecule has 4 heteroatoms. The van der Waals surface area contributed by atoms with Gasteiger partial charge in [0.1, 0.15) is 0 Å². The molecule has 236 valence electrons. The molecule has 0 aromatic carbocycles. The summed E-state index contributed by atoms with van der Waals surface area (Å²) in [6.07, 6.45) is 39.7. The van der Waals surface area contributed by atoms with E-state index >= 15 is 0 Å². The van der Waals surface area contributed by atoms with Crippen molar-refractivity contribution in [2.45, 2.75) is 193 Å². The normalized spacial score (nSPS) is 13.4. The smallest absolute Gasteiger partial charge is 0.220 e. The van der Waals surface area contributed by atoms with Crippen molar-refractivity contribution in [2.75, 3.05) is 6.61 Å². The Morgan fingerprint density at radius 2 is 0.950 bits per heavy atom. The minimum absolute atomic E-state index is 0.0745. The molecule has 0 aromatic rings. The Hall–Kier alpha value is -1.13. The number of hydrogen-bond donors (Lipinski definition) is 3. The predicted molar refractivity (Wildman–Crippen MR) is 175 cm³/mol. The molecule has 0 unspecified atom stereocenters. The lowest BCUT2D eigenvalue weighted by atomic mass is 10.0. The number of nitrogens with one attached hydrogen (secondary N) is 1. The Balaban J connectivity index is 3.65. The summed E-state index contributed by atoms with van der Waals surface area (Å²) in [6, 6.07) is -0.621. The van der Waals surface area contributed by atoms with E-state index in [1.54, 1.807) is 6.08 Å². The van der Waals surface area contributed by atoms with Crippen molar-refractivity contribution < 1.29 is 15.0 Å². The summed E-state index contributed by atoms with van der Waals surface area (Å²) in [5.41, 5.74) is 0. The number of rotatable bonds is 31. The van der Waals surface area contributed by atoms with Gasteiger partial charge in [0.2, 0.25) is 5.91 Å². The van der Waals surface area contributed by atoms with Crippen molar-refractivity contribution in [3.8, 4) is 0 Å². The maximum absolute atomic E-state index is 12.3. The van der Waals surface area contributed by atoms with Gasteiger partial charge in [0.25, 0.3) is 0 Å². The molecule has 0 aromatic heterocycles. The van der Waals surface area contributed by atoms with E-state index < -0.39 is 12.1 Å². The van der Waals surface area contributed by atoms with Gasteiger partial charge in [0.05, 0.1) is 18.8 Å². The summed E-state index contributed by atoms with van der Waals surface area (Å²) in [7, 11) is 0. The Bertz CT molecular complexity index is 574. The molecule has 0 bridgehead atoms. The molecule has 0 heterocycles. The van der Waals surface area contributed by atoms with Crippen LogP contribution in [0.3, 0.4) is 0 Å². The van der Waals surface area contributed by atoms with Crippen LogP contribution in [-0.2, 0) is 4.79 Å². The quantitative estimate of drug-likeness (QED) is 0.0580. The summed E-state index contributed by atoms with van der Waals surface area (Å²) >= 11 is 0. The monoisotopic (exact) mass is 564 g/mol. The SMILES string of the molecule is CCCCCCCCC=CCCCCCCCC(=O)N[C@@H](CO)[C@H](O)C=CCCCCCCCCCCCCC. The molecule has 0 fully saturated rings. The first-order valence-electron chi connectivity index (χ1n) is 17.6. The van der Waals surface area contributed by atoms with Crippen molar-refractivity contribution in [3.05, 3.63) is 24.3 Å². The first-order valence-corrected chi connectivity index (χ1v) is 17.6. The van der Waals surface area contributed by atoms with Gasteiger partial charge in [-0.25, -0.2) is 0 Å². The lowest BCUT2D eigenvalue weighted by Gasteiger charge is -2.20. The molecular formula is C36H69NO3. The van der Waals surface area contributed by atoms with E-state index in [0.29, 0.717) is 6.42 Å². The highest BCUT2D eigenvalue weighted by Gasteiger charge is 2.17. The maximum Gasteiger partial charge on any atom is 0.220 e. The van der Waals surface area contributed by atoms with Crippen LogP contribution >= 0.6 is 0 Å². The van der Waals surface area contributed by atoms with E-state index in [4.69, 9.17) is 0 Å². The molecule has 0 radical (unpaired) electrons. The molecule has 0 aliphatic carbocycles. The molecule has 0 saturated heterocycles. The van der Waals surface area contributed by atoms with E-state index in [-0.39, 0.29) is 12.5 Å². The van der Waals surface area contributed by atoms with Gasteiger partial charge in [0, 0.05) is 6.42 Å². The molecule has 0 aliphatic heterocycles. The van der Waals surface area contributed by atoms with Gasteiger partial charge in [-0.2, -0.15) is 0 Å². The summed E-state index contributed by atoms with van der Waals surface area (Å²) in [6.45, 7) is 4.28. The fraction of sp³-hybridized carbons (Fsp3) is 0.861. The van der Waals surface area contributed by atoms with Crippen molar-refractivity contribution >= 4 is 5.91 Å². The van der Waals surface area contributed by atoms with Gasteiger partial charge in [-0.3, -0.25) is 4.79 Å². The third-order valence-electron chi connectivity index (χ3n) is 7.93. The summed E-state index contributed by atoms with van der Waals surface area (Å²) in [5.74, 6) is -0.0745. The van der Waals surface area contributed by atoms with Crippen LogP contribution in [0.2, 0.25) is 0 Å². The lowest BCUT2D eigenvalue weighted by Crippen LogP contribution is -2.45. The molecule has 3 N–H and O–H groups in total. The highest BCUT2D eigenvalue weighted by molar-refractivity contribution is 5.76. The van der Waals surface area contributed by atoms with Crippen molar-refractivity contribution in [2.24, 2.45) is 0 Å². The maximum atomic E-state index is 12.3. The van der Waals surface area contributed by atoms with Crippen LogP contribution in [0, 0.1) is 0 Å². The van der Waals surface area contributed by atoms with Gasteiger partial charge in [-0.1, -0.05) is 154 Å². The second-order valence-electron chi connectivity index (χ2n) is 11.9. The van der Waals surface area contributed by atoms with Crippen LogP contribution in [0.1, 0.15) is 181 Å². The summed E-state index contributed by atoms with van der Waals surface area (Å²) in [5, 5.41) is 22.8. The molecule has 0 saturated carbocycles. The standard InChI is InChI=1S/C36H69NO3/c1-3-5-7-9-11-13-15-17-18-20-22-24-26-28-30-32-36(40)37-34(33-38)35(39)31-29-27-25-23-21-19-16-14-12-10-8-6-4-2/h17-18,29,31,34-35,38-39H,3-16,19-28,30,32-33H2,1-2H3,(H,37,40)/t34-,35+/m0/s1. The number of allylic oxidation sites excluding steroid dienone is 3. The Morgan fingerprint density at radius 3 is 1.38 bits per heavy atom. The zero-order valence-electron chi connectivity index (χ0n) is 26.9. The first-order chi connectivity index (χ1) is 19.7. The van der Waals surface area contributed by atoms with Gasteiger partial charge < -0.3 is 15.5 Å². The second-order valence-corrected chi connectivity index (χ2v) is 11.9. The fourth-order valence-corrected chi connectivity index (χ4v) is 5.17. The zero-order chi connectivity index (χ0) is 29.4. The van der Waals surface area contributed by atoms with E-state index in [2.05, 4.69) is 31.3 Å². The van der Waals surface area contributed by atoms with E-state index in [1.807, 2.05) is 6.08 Å². The largest absolute Gasteiger partial charge is 0.394 e. The summed E-state index contributed by atoms with van der Waals surface area (Å²) in [4.78, 5) is 12.3. The van der Waals surface area contributed by atoms with Gasteiger partial charge in [-0.15, -0.1) is 0 Å². The average molecular weight is 564 g/mol. The number of aliphatic hydroxyl groups is 2. The van der Waals surface area contributed by atoms with Crippen LogP contribution in [0.15, 0.2) is 24.3 Å². The minimum Gasteiger partial charge on any atom is -0.394 e. The average Bonchev–Trinajstić information content (AvgIpc) is 2.96. The number of amides is 1. The van der Waals surface area contributed by atoms with Crippen LogP contribution in [0.5, 0.6) is 0 Å². The highest BCUT2D eigenvalue weighted by Crippen LogP contribution is 2.13. The Morgan fingerprint density at radius 1 is 0.575 bits per heavy atom. The van der Waals surface area contributed by atoms with E-state index in [9.17, 15) is 15.0 Å². The summed E-state index contributed by atoms with van der Waals surface area (Å²) < 4.78 is 0. The van der Waals surface area contributed by atoms with Crippen LogP contribution in [0.4, 0.5) is 0 Å². The van der Waals surface area contributed by atoms with Gasteiger partial charge in [-0.05, 0) is 44.9 Å². The molecule has 0 spiro atoms. The number of carbonyl (C=O) groups excluding carboxylic acids is 1. The van der Waals surface area contributed by atoms with Crippen molar-refractivity contribution in [1.29, 1.82) is 0 Å². The molecular weight excluding hydrogens is 494 g/mol. The molecule has 4 nitrogen and oxygen atoms in total.